The van der Waals surface area contributed by atoms with Gasteiger partial charge in [-0.3, -0.25) is 9.59 Å². The summed E-state index contributed by atoms with van der Waals surface area (Å²) < 4.78 is 0. The van der Waals surface area contributed by atoms with Crippen LogP contribution in [0.4, 0.5) is 0 Å². The lowest BCUT2D eigenvalue weighted by Crippen LogP contribution is -2.33. The number of carbonyl (C=O) groups excluding carboxylic acids is 1. The number of carboxylic acid groups (broad SMARTS) is 1. The molecule has 3 atom stereocenters. The van der Waals surface area contributed by atoms with Crippen molar-refractivity contribution in [3.63, 3.8) is 0 Å². The summed E-state index contributed by atoms with van der Waals surface area (Å²) in [5.41, 5.74) is 0. The Hall–Kier alpha value is -1.06. The molecule has 0 spiro atoms. The van der Waals surface area contributed by atoms with Crippen LogP contribution < -0.4 is 0 Å². The van der Waals surface area contributed by atoms with Crippen LogP contribution in [0.15, 0.2) is 0 Å². The first-order valence-electron chi connectivity index (χ1n) is 7.49. The molecule has 1 heterocycles. The van der Waals surface area contributed by atoms with Gasteiger partial charge in [0.1, 0.15) is 0 Å². The monoisotopic (exact) mass is 267 g/mol. The van der Waals surface area contributed by atoms with Crippen LogP contribution in [-0.4, -0.2) is 35.0 Å². The lowest BCUT2D eigenvalue weighted by molar-refractivity contribution is -0.141. The van der Waals surface area contributed by atoms with Crippen LogP contribution >= 0.6 is 0 Å². The molecule has 1 aliphatic heterocycles. The zero-order valence-electron chi connectivity index (χ0n) is 12.0. The largest absolute Gasteiger partial charge is 0.481 e. The first-order valence-corrected chi connectivity index (χ1v) is 7.49. The Balaban J connectivity index is 1.83. The molecule has 1 aliphatic carbocycles. The molecule has 1 saturated carbocycles. The van der Waals surface area contributed by atoms with E-state index in [1.54, 1.807) is 0 Å². The predicted molar refractivity (Wildman–Crippen MR) is 72.6 cm³/mol. The van der Waals surface area contributed by atoms with Crippen molar-refractivity contribution in [2.45, 2.75) is 46.0 Å². The van der Waals surface area contributed by atoms with Gasteiger partial charge in [0.2, 0.25) is 5.91 Å². The highest BCUT2D eigenvalue weighted by Crippen LogP contribution is 2.34. The molecule has 4 heteroatoms. The summed E-state index contributed by atoms with van der Waals surface area (Å²) in [4.78, 5) is 25.3. The molecule has 0 radical (unpaired) electrons. The topological polar surface area (TPSA) is 57.6 Å². The van der Waals surface area contributed by atoms with Crippen LogP contribution in [0.2, 0.25) is 0 Å². The van der Waals surface area contributed by atoms with E-state index in [4.69, 9.17) is 5.11 Å². The first-order chi connectivity index (χ1) is 8.97. The van der Waals surface area contributed by atoms with E-state index in [-0.39, 0.29) is 17.7 Å². The van der Waals surface area contributed by atoms with Gasteiger partial charge in [0.05, 0.1) is 5.92 Å². The molecule has 4 nitrogen and oxygen atoms in total. The summed E-state index contributed by atoms with van der Waals surface area (Å²) in [6.45, 7) is 6.19. The summed E-state index contributed by atoms with van der Waals surface area (Å²) in [7, 11) is 0. The molecule has 0 aromatic carbocycles. The second-order valence-corrected chi connectivity index (χ2v) is 6.61. The first kappa shape index (κ1) is 14.4. The fourth-order valence-corrected chi connectivity index (χ4v) is 3.58. The third kappa shape index (κ3) is 3.48. The van der Waals surface area contributed by atoms with Gasteiger partial charge in [-0.1, -0.05) is 13.8 Å². The standard InChI is InChI=1S/C15H25NO3/c1-10(2)7-11-5-6-16(9-11)14(17)12-3-4-13(8-12)15(18)19/h10-13H,3-9H2,1-2H3,(H,18,19)/t11?,12-,13+/m1/s1. The van der Waals surface area contributed by atoms with Crippen LogP contribution in [0.1, 0.15) is 46.0 Å². The average Bonchev–Trinajstić information content (AvgIpc) is 2.95. The van der Waals surface area contributed by atoms with Gasteiger partial charge in [-0.25, -0.2) is 0 Å². The molecule has 2 aliphatic rings. The Bertz CT molecular complexity index is 353. The fourth-order valence-electron chi connectivity index (χ4n) is 3.58. The smallest absolute Gasteiger partial charge is 0.306 e. The number of carboxylic acids is 1. The zero-order chi connectivity index (χ0) is 14.0. The second-order valence-electron chi connectivity index (χ2n) is 6.61. The molecule has 2 rings (SSSR count). The minimum atomic E-state index is -0.741. The van der Waals surface area contributed by atoms with E-state index in [0.29, 0.717) is 24.7 Å². The lowest BCUT2D eigenvalue weighted by Gasteiger charge is -2.21. The van der Waals surface area contributed by atoms with Crippen molar-refractivity contribution in [2.75, 3.05) is 13.1 Å². The molecule has 0 aromatic rings. The average molecular weight is 267 g/mol. The number of aliphatic carboxylic acids is 1. The summed E-state index contributed by atoms with van der Waals surface area (Å²) in [5.74, 6) is 0.440. The van der Waals surface area contributed by atoms with Crippen molar-refractivity contribution in [3.8, 4) is 0 Å². The van der Waals surface area contributed by atoms with Crippen molar-refractivity contribution >= 4 is 11.9 Å². The Labute approximate surface area is 115 Å². The summed E-state index contributed by atoms with van der Waals surface area (Å²) in [5, 5.41) is 8.99. The Kier molecular flexibility index (Phi) is 4.48. The highest BCUT2D eigenvalue weighted by molar-refractivity contribution is 5.81. The van der Waals surface area contributed by atoms with Gasteiger partial charge in [-0.2, -0.15) is 0 Å². The Morgan fingerprint density at radius 1 is 1.21 bits per heavy atom. The molecular weight excluding hydrogens is 242 g/mol. The Morgan fingerprint density at radius 2 is 1.89 bits per heavy atom. The lowest BCUT2D eigenvalue weighted by atomic mass is 9.96. The van der Waals surface area contributed by atoms with E-state index in [1.807, 2.05) is 4.90 Å². The maximum absolute atomic E-state index is 12.4. The molecule has 1 saturated heterocycles. The van der Waals surface area contributed by atoms with Crippen LogP contribution in [-0.2, 0) is 9.59 Å². The number of nitrogens with zero attached hydrogens (tertiary/aromatic N) is 1. The maximum Gasteiger partial charge on any atom is 0.306 e. The van der Waals surface area contributed by atoms with Gasteiger partial charge >= 0.3 is 5.97 Å². The molecular formula is C15H25NO3. The molecule has 0 aromatic heterocycles. The Morgan fingerprint density at radius 3 is 2.47 bits per heavy atom. The van der Waals surface area contributed by atoms with E-state index in [1.165, 1.54) is 6.42 Å². The van der Waals surface area contributed by atoms with E-state index >= 15 is 0 Å². The van der Waals surface area contributed by atoms with Gasteiger partial charge < -0.3 is 10.0 Å². The molecule has 108 valence electrons. The second kappa shape index (κ2) is 5.93. The summed E-state index contributed by atoms with van der Waals surface area (Å²) in [6, 6.07) is 0. The molecule has 1 N–H and O–H groups in total. The zero-order valence-corrected chi connectivity index (χ0v) is 12.0. The van der Waals surface area contributed by atoms with E-state index in [2.05, 4.69) is 13.8 Å². The van der Waals surface area contributed by atoms with Crippen LogP contribution in [0, 0.1) is 23.7 Å². The number of amides is 1. The number of likely N-dealkylation sites (tertiary alicyclic amines) is 1. The van der Waals surface area contributed by atoms with Gasteiger partial charge in [0.15, 0.2) is 0 Å². The van der Waals surface area contributed by atoms with Crippen molar-refractivity contribution < 1.29 is 14.7 Å². The molecule has 19 heavy (non-hydrogen) atoms. The highest BCUT2D eigenvalue weighted by atomic mass is 16.4. The quantitative estimate of drug-likeness (QED) is 0.850. The van der Waals surface area contributed by atoms with Crippen molar-refractivity contribution in [3.05, 3.63) is 0 Å². The van der Waals surface area contributed by atoms with Crippen LogP contribution in [0.5, 0.6) is 0 Å². The van der Waals surface area contributed by atoms with Crippen molar-refractivity contribution in [1.29, 1.82) is 0 Å². The van der Waals surface area contributed by atoms with Gasteiger partial charge in [0, 0.05) is 19.0 Å². The number of hydrogen-bond acceptors (Lipinski definition) is 2. The van der Waals surface area contributed by atoms with Gasteiger partial charge in [-0.15, -0.1) is 0 Å². The molecule has 1 amide bonds. The third-order valence-electron chi connectivity index (χ3n) is 4.53. The number of hydrogen-bond donors (Lipinski definition) is 1. The van der Waals surface area contributed by atoms with Gasteiger partial charge in [-0.05, 0) is 43.9 Å². The normalized spacial score (nSPS) is 31.1. The number of rotatable bonds is 4. The molecule has 1 unspecified atom stereocenters. The SMILES string of the molecule is CC(C)CC1CCN(C(=O)[C@@H]2CC[C@H](C(=O)O)C2)C1. The van der Waals surface area contributed by atoms with Crippen LogP contribution in [0.25, 0.3) is 0 Å². The van der Waals surface area contributed by atoms with Crippen LogP contribution in [0.3, 0.4) is 0 Å². The number of carbonyl (C=O) groups is 2. The summed E-state index contributed by atoms with van der Waals surface area (Å²) in [6.07, 6.45) is 4.25. The van der Waals surface area contributed by atoms with Crippen molar-refractivity contribution in [2.24, 2.45) is 23.7 Å². The molecule has 2 fully saturated rings. The molecule has 0 bridgehead atoms. The van der Waals surface area contributed by atoms with Gasteiger partial charge in [0.25, 0.3) is 0 Å². The van der Waals surface area contributed by atoms with E-state index in [0.717, 1.165) is 25.9 Å². The third-order valence-corrected chi connectivity index (χ3v) is 4.53. The highest BCUT2D eigenvalue weighted by Gasteiger charge is 2.37. The van der Waals surface area contributed by atoms with E-state index < -0.39 is 5.97 Å². The fraction of sp³-hybridized carbons (Fsp3) is 0.867. The predicted octanol–water partition coefficient (Wildman–Crippen LogP) is 2.38. The minimum absolute atomic E-state index is 0.0427. The van der Waals surface area contributed by atoms with Crippen molar-refractivity contribution in [1.82, 2.24) is 4.90 Å². The van der Waals surface area contributed by atoms with E-state index in [9.17, 15) is 9.59 Å². The maximum atomic E-state index is 12.4. The minimum Gasteiger partial charge on any atom is -0.481 e. The summed E-state index contributed by atoms with van der Waals surface area (Å²) >= 11 is 0.